The van der Waals surface area contributed by atoms with Gasteiger partial charge >= 0.3 is 0 Å². The lowest BCUT2D eigenvalue weighted by molar-refractivity contribution is -0.385. The summed E-state index contributed by atoms with van der Waals surface area (Å²) in [4.78, 5) is 66.3. The van der Waals surface area contributed by atoms with Gasteiger partial charge in [0.15, 0.2) is 0 Å². The minimum Gasteiger partial charge on any atom is -0.268 e. The molecule has 0 radical (unpaired) electrons. The first kappa shape index (κ1) is 51.6. The number of pyridine rings is 2. The Morgan fingerprint density at radius 1 is 0.600 bits per heavy atom. The van der Waals surface area contributed by atoms with Crippen molar-refractivity contribution in [3.8, 4) is 51.3 Å². The normalized spacial score (nSPS) is 10.9. The van der Waals surface area contributed by atoms with Gasteiger partial charge in [-0.3, -0.25) is 29.8 Å². The van der Waals surface area contributed by atoms with E-state index in [0.717, 1.165) is 88.4 Å². The number of aromatic nitrogens is 10. The second-order valence-corrected chi connectivity index (χ2v) is 17.6. The molecule has 5 heterocycles. The first-order chi connectivity index (χ1) is 36.4. The zero-order chi connectivity index (χ0) is 53.0. The molecule has 1 N–H and O–H groups in total. The van der Waals surface area contributed by atoms with Gasteiger partial charge in [0.25, 0.3) is 22.5 Å². The number of benzene rings is 4. The Kier molecular flexibility index (Phi) is 16.3. The lowest BCUT2D eigenvalue weighted by Crippen LogP contribution is -2.29. The first-order valence-electron chi connectivity index (χ1n) is 24.3. The van der Waals surface area contributed by atoms with Gasteiger partial charge in [0, 0.05) is 41.7 Å². The zero-order valence-electron chi connectivity index (χ0n) is 41.7. The van der Waals surface area contributed by atoms with Crippen LogP contribution in [0.1, 0.15) is 90.4 Å². The smallest absolute Gasteiger partial charge is 0.268 e. The van der Waals surface area contributed by atoms with Crippen molar-refractivity contribution in [3.05, 3.63) is 226 Å². The van der Waals surface area contributed by atoms with Crippen molar-refractivity contribution >= 4 is 11.4 Å². The maximum atomic E-state index is 13.8. The van der Waals surface area contributed by atoms with Gasteiger partial charge in [-0.05, 0) is 96.3 Å². The number of nitrogens with one attached hydrogen (secondary N) is 1. The number of hydrogen-bond donors (Lipinski definition) is 1. The molecule has 0 unspecified atom stereocenters. The van der Waals surface area contributed by atoms with Crippen LogP contribution in [0.2, 0.25) is 0 Å². The second kappa shape index (κ2) is 23.7. The largest absolute Gasteiger partial charge is 0.287 e. The number of rotatable bonds is 17. The van der Waals surface area contributed by atoms with Crippen LogP contribution >= 0.6 is 0 Å². The molecule has 19 heteroatoms. The minimum atomic E-state index is -0.525. The monoisotopic (exact) mass is 1000 g/mol. The summed E-state index contributed by atoms with van der Waals surface area (Å²) < 4.78 is 2.83. The highest BCUT2D eigenvalue weighted by Crippen LogP contribution is 2.31. The molecular weight excluding hydrogens is 951 g/mol. The molecule has 0 atom stereocenters. The highest BCUT2D eigenvalue weighted by atomic mass is 16.6. The van der Waals surface area contributed by atoms with Gasteiger partial charge in [-0.1, -0.05) is 118 Å². The maximum absolute atomic E-state index is 13.8. The highest BCUT2D eigenvalue weighted by molar-refractivity contribution is 5.80. The van der Waals surface area contributed by atoms with Crippen LogP contribution in [-0.2, 0) is 25.7 Å². The summed E-state index contributed by atoms with van der Waals surface area (Å²) in [6.07, 6.45) is 8.20. The molecule has 0 bridgehead atoms. The van der Waals surface area contributed by atoms with E-state index < -0.39 is 9.85 Å². The molecule has 0 aliphatic rings. The number of nitro groups is 2. The van der Waals surface area contributed by atoms with Crippen molar-refractivity contribution in [2.75, 3.05) is 0 Å². The quantitative estimate of drug-likeness (QED) is 0.0657. The number of nitrogens with zero attached hydrogens (tertiary/aromatic N) is 12. The third-order valence-electron chi connectivity index (χ3n) is 12.6. The summed E-state index contributed by atoms with van der Waals surface area (Å²) in [5.41, 5.74) is 9.08. The topological polar surface area (TPSA) is 260 Å². The third kappa shape index (κ3) is 11.8. The molecule has 0 amide bonds. The molecule has 0 saturated heterocycles. The molecule has 75 heavy (non-hydrogen) atoms. The van der Waals surface area contributed by atoms with Gasteiger partial charge in [-0.2, -0.15) is 10.5 Å². The summed E-state index contributed by atoms with van der Waals surface area (Å²) in [5.74, 6) is 2.08. The first-order valence-corrected chi connectivity index (χ1v) is 24.3. The van der Waals surface area contributed by atoms with E-state index in [1.807, 2.05) is 91.0 Å². The van der Waals surface area contributed by atoms with Crippen LogP contribution in [0, 0.1) is 45.4 Å². The lowest BCUT2D eigenvalue weighted by atomic mass is 9.96. The lowest BCUT2D eigenvalue weighted by Gasteiger charge is -2.15. The van der Waals surface area contributed by atoms with Gasteiger partial charge in [0.2, 0.25) is 5.82 Å². The molecule has 0 fully saturated rings. The predicted molar refractivity (Wildman–Crippen MR) is 283 cm³/mol. The summed E-state index contributed by atoms with van der Waals surface area (Å²) in [5, 5.41) is 45.9. The van der Waals surface area contributed by atoms with E-state index in [1.54, 1.807) is 19.9 Å². The van der Waals surface area contributed by atoms with Crippen molar-refractivity contribution in [1.82, 2.24) is 49.7 Å². The molecule has 0 saturated carbocycles. The van der Waals surface area contributed by atoms with Crippen LogP contribution in [0.5, 0.6) is 0 Å². The van der Waals surface area contributed by atoms with Crippen molar-refractivity contribution in [1.29, 1.82) is 5.26 Å². The maximum Gasteiger partial charge on any atom is 0.287 e. The number of tetrazole rings is 1. The van der Waals surface area contributed by atoms with E-state index in [0.29, 0.717) is 71.5 Å². The fraction of sp³-hybridized carbons (Fsp3) is 0.214. The van der Waals surface area contributed by atoms with Crippen LogP contribution in [0.25, 0.3) is 45.3 Å². The van der Waals surface area contributed by atoms with E-state index in [2.05, 4.69) is 50.5 Å². The molecule has 5 aromatic heterocycles. The van der Waals surface area contributed by atoms with E-state index in [-0.39, 0.29) is 22.5 Å². The fourth-order valence-corrected chi connectivity index (χ4v) is 8.72. The van der Waals surface area contributed by atoms with Crippen LogP contribution in [0.4, 0.5) is 11.4 Å². The molecule has 376 valence electrons. The molecule has 9 aromatic rings. The predicted octanol–water partition coefficient (Wildman–Crippen LogP) is 9.94. The molecular formula is C56H51N13O6. The summed E-state index contributed by atoms with van der Waals surface area (Å²) >= 11 is 0. The van der Waals surface area contributed by atoms with Crippen molar-refractivity contribution in [2.45, 2.75) is 79.1 Å². The van der Waals surface area contributed by atoms with Crippen LogP contribution in [0.3, 0.4) is 0 Å². The highest BCUT2D eigenvalue weighted by Gasteiger charge is 2.21. The molecule has 19 nitrogen and oxygen atoms in total. The third-order valence-corrected chi connectivity index (χ3v) is 12.6. The number of unbranched alkanes of at least 4 members (excludes halogenated alkanes) is 2. The van der Waals surface area contributed by atoms with E-state index in [1.165, 1.54) is 33.4 Å². The van der Waals surface area contributed by atoms with Gasteiger partial charge in [-0.25, -0.2) is 29.1 Å². The van der Waals surface area contributed by atoms with E-state index in [4.69, 9.17) is 9.97 Å². The van der Waals surface area contributed by atoms with Crippen molar-refractivity contribution in [3.63, 3.8) is 0 Å². The molecule has 0 spiro atoms. The number of aryl methyl sites for hydroxylation is 4. The van der Waals surface area contributed by atoms with Gasteiger partial charge in [-0.15, -0.1) is 10.2 Å². The number of hydrogen-bond acceptors (Lipinski definition) is 14. The molecule has 4 aromatic carbocycles. The number of aromatic amines is 1. The van der Waals surface area contributed by atoms with Gasteiger partial charge in [0.1, 0.15) is 35.7 Å². The standard InChI is InChI=1S/C28H26N8O3.C28H25N5O3/c1-3-4-9-25-24(28(37)35(18(2)30-25)26-15-14-21(17-29-26)36(38)39)16-19-10-12-20(13-11-19)22-7-5-6-8-23(22)27-31-33-34-32-27;1-3-4-9-26-25(16-20-10-12-21(13-11-20)24-8-6-5-7-22(24)17-29)28(34)32(19(2)31-26)27-15-14-23(18-30-27)33(35)36/h5-8,10-15,17H,3-4,9,16H2,1-2H3,(H,31,32,33,34);5-8,10-15,18H,3-4,9,16H2,1-2H3. The fourth-order valence-electron chi connectivity index (χ4n) is 8.72. The summed E-state index contributed by atoms with van der Waals surface area (Å²) in [6, 6.07) is 38.9. The van der Waals surface area contributed by atoms with Crippen LogP contribution in [-0.4, -0.2) is 59.5 Å². The van der Waals surface area contributed by atoms with Gasteiger partial charge in [0.05, 0.1) is 32.9 Å². The number of H-pyrrole nitrogens is 1. The Labute approximate surface area is 430 Å². The van der Waals surface area contributed by atoms with E-state index in [9.17, 15) is 35.1 Å². The molecule has 0 aliphatic carbocycles. The Morgan fingerprint density at radius 3 is 1.47 bits per heavy atom. The summed E-state index contributed by atoms with van der Waals surface area (Å²) in [6.45, 7) is 7.68. The Hall–Kier alpha value is -9.70. The van der Waals surface area contributed by atoms with E-state index >= 15 is 0 Å². The zero-order valence-corrected chi connectivity index (χ0v) is 41.7. The average molecular weight is 1000 g/mol. The second-order valence-electron chi connectivity index (χ2n) is 17.6. The number of nitriles is 1. The van der Waals surface area contributed by atoms with Gasteiger partial charge < -0.3 is 0 Å². The average Bonchev–Trinajstić information content (AvgIpc) is 3.98. The SMILES string of the molecule is CCCCc1nc(C)n(-c2ccc([N+](=O)[O-])cn2)c(=O)c1Cc1ccc(-c2ccccc2-c2nn[nH]n2)cc1.CCCCc1nc(C)n(-c2ccc([N+](=O)[O-])cn2)c(=O)c1Cc1ccc(-c2ccccc2C#N)cc1. The summed E-state index contributed by atoms with van der Waals surface area (Å²) in [7, 11) is 0. The molecule has 0 aliphatic heterocycles. The molecule has 9 rings (SSSR count). The Balaban J connectivity index is 0.000000200. The van der Waals surface area contributed by atoms with Crippen LogP contribution < -0.4 is 11.1 Å². The Morgan fingerprint density at radius 2 is 1.05 bits per heavy atom. The minimum absolute atomic E-state index is 0.141. The Bertz CT molecular complexity index is 3650. The van der Waals surface area contributed by atoms with Crippen molar-refractivity contribution in [2.24, 2.45) is 0 Å². The van der Waals surface area contributed by atoms with Crippen molar-refractivity contribution < 1.29 is 9.85 Å². The van der Waals surface area contributed by atoms with Crippen LogP contribution in [0.15, 0.2) is 143 Å².